The van der Waals surface area contributed by atoms with Crippen LogP contribution in [-0.2, 0) is 0 Å². The van der Waals surface area contributed by atoms with Gasteiger partial charge in [0.05, 0.1) is 17.3 Å². The summed E-state index contributed by atoms with van der Waals surface area (Å²) in [5.41, 5.74) is -0.695. The van der Waals surface area contributed by atoms with Gasteiger partial charge in [0.25, 0.3) is 0 Å². The maximum Gasteiger partial charge on any atom is 0.0771 e. The Balaban J connectivity index is 1.61. The molecule has 0 spiro atoms. The van der Waals surface area contributed by atoms with Gasteiger partial charge in [0.1, 0.15) is 0 Å². The summed E-state index contributed by atoms with van der Waals surface area (Å²) in [5, 5.41) is 32.5. The summed E-state index contributed by atoms with van der Waals surface area (Å²) in [6.07, 6.45) is 13.7. The Bertz CT molecular complexity index is 776. The van der Waals surface area contributed by atoms with E-state index in [9.17, 15) is 15.3 Å². The van der Waals surface area contributed by atoms with E-state index < -0.39 is 11.2 Å². The van der Waals surface area contributed by atoms with Crippen molar-refractivity contribution in [2.24, 2.45) is 45.3 Å². The summed E-state index contributed by atoms with van der Waals surface area (Å²) in [4.78, 5) is 0. The first-order valence-corrected chi connectivity index (χ1v) is 13.8. The molecule has 0 saturated heterocycles. The number of fused-ring (bicyclic) bond motifs is 5. The molecule has 9 atom stereocenters. The second-order valence-corrected chi connectivity index (χ2v) is 14.8. The smallest absolute Gasteiger partial charge is 0.0771 e. The molecule has 4 rings (SSSR count). The molecule has 0 aliphatic heterocycles. The van der Waals surface area contributed by atoms with Crippen molar-refractivity contribution in [3.63, 3.8) is 0 Å². The lowest BCUT2D eigenvalue weighted by Crippen LogP contribution is -2.64. The van der Waals surface area contributed by atoms with Gasteiger partial charge in [0, 0.05) is 0 Å². The van der Waals surface area contributed by atoms with Gasteiger partial charge >= 0.3 is 0 Å². The lowest BCUT2D eigenvalue weighted by molar-refractivity contribution is -0.224. The molecule has 3 nitrogen and oxygen atoms in total. The van der Waals surface area contributed by atoms with Crippen molar-refractivity contribution in [3.05, 3.63) is 12.2 Å². The van der Waals surface area contributed by atoms with Crippen molar-refractivity contribution >= 4 is 0 Å². The molecule has 4 saturated carbocycles. The van der Waals surface area contributed by atoms with Crippen LogP contribution in [0.15, 0.2) is 12.2 Å². The highest BCUT2D eigenvalue weighted by molar-refractivity contribution is 5.18. The Kier molecular flexibility index (Phi) is 6.08. The molecule has 0 heterocycles. The van der Waals surface area contributed by atoms with Crippen molar-refractivity contribution in [2.45, 2.75) is 130 Å². The number of aliphatic hydroxyl groups is 3. The van der Waals surface area contributed by atoms with Crippen molar-refractivity contribution in [1.29, 1.82) is 0 Å². The van der Waals surface area contributed by atoms with Crippen LogP contribution in [0.2, 0.25) is 0 Å². The third-order valence-electron chi connectivity index (χ3n) is 12.2. The number of aliphatic hydroxyl groups excluding tert-OH is 1. The molecule has 0 aromatic rings. The van der Waals surface area contributed by atoms with E-state index in [1.54, 1.807) is 13.8 Å². The van der Waals surface area contributed by atoms with E-state index in [0.717, 1.165) is 19.3 Å². The summed E-state index contributed by atoms with van der Waals surface area (Å²) < 4.78 is 0. The van der Waals surface area contributed by atoms with Crippen molar-refractivity contribution in [1.82, 2.24) is 0 Å². The minimum Gasteiger partial charge on any atom is -0.393 e. The first-order valence-electron chi connectivity index (χ1n) is 13.8. The predicted octanol–water partition coefficient (Wildman–Crippen LogP) is 6.50. The zero-order chi connectivity index (χ0) is 24.7. The molecule has 4 fully saturated rings. The van der Waals surface area contributed by atoms with E-state index in [4.69, 9.17) is 0 Å². The summed E-state index contributed by atoms with van der Waals surface area (Å²) in [7, 11) is 0. The molecule has 3 N–H and O–H groups in total. The van der Waals surface area contributed by atoms with Gasteiger partial charge in [0.15, 0.2) is 0 Å². The molecule has 4 aliphatic rings. The molecule has 190 valence electrons. The Morgan fingerprint density at radius 1 is 0.788 bits per heavy atom. The normalized spacial score (nSPS) is 49.2. The Hall–Kier alpha value is -0.380. The molecular weight excluding hydrogens is 408 g/mol. The van der Waals surface area contributed by atoms with Gasteiger partial charge in [-0.25, -0.2) is 0 Å². The number of rotatable bonds is 4. The van der Waals surface area contributed by atoms with Crippen molar-refractivity contribution in [2.75, 3.05) is 0 Å². The third kappa shape index (κ3) is 3.78. The fourth-order valence-electron chi connectivity index (χ4n) is 10.2. The second kappa shape index (κ2) is 7.81. The standard InChI is InChI=1S/C30H52O3/c1-25(2,32)15-9-16-30(8,33)21-12-18-28(6)20(21)10-11-23-27(5)17-14-24(31)26(3,4)22(27)13-19-29(23,28)7/h9,15,20-24,31-33H,10-14,16-19H2,1-8H3/b15-9+/t20-,21+,22-,23+,24-,27-,28+,29+,30+/m0/s1. The van der Waals surface area contributed by atoms with Gasteiger partial charge in [-0.2, -0.15) is 0 Å². The maximum atomic E-state index is 11.6. The van der Waals surface area contributed by atoms with E-state index in [2.05, 4.69) is 34.6 Å². The Morgan fingerprint density at radius 3 is 2.06 bits per heavy atom. The highest BCUT2D eigenvalue weighted by Crippen LogP contribution is 2.75. The average Bonchev–Trinajstić information content (AvgIpc) is 3.03. The molecule has 33 heavy (non-hydrogen) atoms. The van der Waals surface area contributed by atoms with E-state index in [-0.39, 0.29) is 16.9 Å². The summed E-state index contributed by atoms with van der Waals surface area (Å²) >= 11 is 0. The largest absolute Gasteiger partial charge is 0.393 e. The van der Waals surface area contributed by atoms with E-state index in [0.29, 0.717) is 40.9 Å². The minimum atomic E-state index is -0.832. The molecular formula is C30H52O3. The first kappa shape index (κ1) is 25.7. The second-order valence-electron chi connectivity index (χ2n) is 14.8. The molecule has 4 aliphatic carbocycles. The van der Waals surface area contributed by atoms with Crippen LogP contribution < -0.4 is 0 Å². The van der Waals surface area contributed by atoms with Crippen LogP contribution in [0.5, 0.6) is 0 Å². The molecule has 0 unspecified atom stereocenters. The van der Waals surface area contributed by atoms with Crippen LogP contribution in [0.4, 0.5) is 0 Å². The van der Waals surface area contributed by atoms with Crippen LogP contribution in [0.3, 0.4) is 0 Å². The molecule has 0 amide bonds. The Morgan fingerprint density at radius 2 is 1.42 bits per heavy atom. The van der Waals surface area contributed by atoms with Crippen LogP contribution >= 0.6 is 0 Å². The fraction of sp³-hybridized carbons (Fsp3) is 0.933. The molecule has 0 aromatic carbocycles. The quantitative estimate of drug-likeness (QED) is 0.420. The lowest BCUT2D eigenvalue weighted by Gasteiger charge is -2.70. The molecule has 0 radical (unpaired) electrons. The summed E-state index contributed by atoms with van der Waals surface area (Å²) in [6, 6.07) is 0. The van der Waals surface area contributed by atoms with Gasteiger partial charge in [-0.3, -0.25) is 0 Å². The minimum absolute atomic E-state index is 0.000777. The SMILES string of the molecule is CC(C)(O)/C=C/C[C@@](C)(O)[C@@H]1CC[C@]2(C)[C@H]1CC[C@@H]1[C@@]3(C)CC[C@H](O)C(C)(C)[C@@H]3CC[C@]12C. The number of hydrogen-bond donors (Lipinski definition) is 3. The third-order valence-corrected chi connectivity index (χ3v) is 12.2. The Labute approximate surface area is 203 Å². The first-order chi connectivity index (χ1) is 15.0. The van der Waals surface area contributed by atoms with E-state index in [1.165, 1.54) is 32.1 Å². The molecule has 0 bridgehead atoms. The topological polar surface area (TPSA) is 60.7 Å². The van der Waals surface area contributed by atoms with Crippen LogP contribution in [-0.4, -0.2) is 32.6 Å². The van der Waals surface area contributed by atoms with Crippen LogP contribution in [0.25, 0.3) is 0 Å². The predicted molar refractivity (Wildman–Crippen MR) is 136 cm³/mol. The highest BCUT2D eigenvalue weighted by Gasteiger charge is 2.69. The zero-order valence-corrected chi connectivity index (χ0v) is 22.7. The average molecular weight is 461 g/mol. The summed E-state index contributed by atoms with van der Waals surface area (Å²) in [5.74, 6) is 2.18. The fourth-order valence-corrected chi connectivity index (χ4v) is 10.2. The van der Waals surface area contributed by atoms with E-state index in [1.807, 2.05) is 19.1 Å². The van der Waals surface area contributed by atoms with Crippen molar-refractivity contribution in [3.8, 4) is 0 Å². The van der Waals surface area contributed by atoms with Gasteiger partial charge < -0.3 is 15.3 Å². The molecule has 3 heteroatoms. The summed E-state index contributed by atoms with van der Waals surface area (Å²) in [6.45, 7) is 18.0. The maximum absolute atomic E-state index is 11.6. The van der Waals surface area contributed by atoms with Gasteiger partial charge in [-0.15, -0.1) is 0 Å². The number of hydrogen-bond acceptors (Lipinski definition) is 3. The van der Waals surface area contributed by atoms with Crippen LogP contribution in [0.1, 0.15) is 113 Å². The monoisotopic (exact) mass is 460 g/mol. The zero-order valence-electron chi connectivity index (χ0n) is 22.7. The van der Waals surface area contributed by atoms with Crippen molar-refractivity contribution < 1.29 is 15.3 Å². The lowest BCUT2D eigenvalue weighted by atomic mass is 9.35. The highest BCUT2D eigenvalue weighted by atomic mass is 16.3. The van der Waals surface area contributed by atoms with E-state index >= 15 is 0 Å². The van der Waals surface area contributed by atoms with Gasteiger partial charge in [-0.1, -0.05) is 46.8 Å². The van der Waals surface area contributed by atoms with Gasteiger partial charge in [0.2, 0.25) is 0 Å². The van der Waals surface area contributed by atoms with Gasteiger partial charge in [-0.05, 0) is 124 Å². The van der Waals surface area contributed by atoms with Crippen LogP contribution in [0, 0.1) is 45.3 Å². The molecule has 0 aromatic heterocycles.